The van der Waals surface area contributed by atoms with Crippen molar-refractivity contribution >= 4 is 80.0 Å². The van der Waals surface area contributed by atoms with Gasteiger partial charge in [-0.2, -0.15) is 0 Å². The Hall–Kier alpha value is -2.54. The molecule has 174 valence electrons. The Kier molecular flexibility index (Phi) is 12.0. The molecule has 0 amide bonds. The maximum Gasteiger partial charge on any atom is 0.337 e. The minimum Gasteiger partial charge on any atom is -0.465 e. The van der Waals surface area contributed by atoms with Gasteiger partial charge in [0.2, 0.25) is 0 Å². The highest BCUT2D eigenvalue weighted by molar-refractivity contribution is 14.1. The summed E-state index contributed by atoms with van der Waals surface area (Å²) in [5.74, 6) is -0.658. The molecule has 0 fully saturated rings. The van der Waals surface area contributed by atoms with Crippen molar-refractivity contribution in [1.82, 2.24) is 4.98 Å². The van der Waals surface area contributed by atoms with E-state index in [-0.39, 0.29) is 11.9 Å². The number of anilines is 1. The maximum absolute atomic E-state index is 11.4. The molecule has 0 saturated carbocycles. The molecule has 3 rings (SSSR count). The number of nitrogen functional groups attached to an aromatic ring is 1. The molecule has 0 atom stereocenters. The molecule has 0 aliphatic rings. The first-order valence-electron chi connectivity index (χ1n) is 9.42. The average molecular weight is 674 g/mol. The number of ether oxygens (including phenoxy) is 2. The van der Waals surface area contributed by atoms with E-state index in [0.717, 1.165) is 29.9 Å². The number of aryl methyl sites for hydroxylation is 1. The first-order chi connectivity index (χ1) is 15.5. The van der Waals surface area contributed by atoms with Gasteiger partial charge in [-0.3, -0.25) is 9.78 Å². The summed E-state index contributed by atoms with van der Waals surface area (Å²) >= 11 is 4.24. The van der Waals surface area contributed by atoms with Crippen LogP contribution in [-0.2, 0) is 14.3 Å². The first-order valence-corrected chi connectivity index (χ1v) is 11.6. The number of pyridine rings is 1. The minimum atomic E-state index is -0.340. The van der Waals surface area contributed by atoms with E-state index < -0.39 is 0 Å². The molecule has 0 saturated heterocycles. The molecule has 0 unspecified atom stereocenters. The van der Waals surface area contributed by atoms with Gasteiger partial charge in [-0.05, 0) is 107 Å². The first kappa shape index (κ1) is 28.5. The van der Waals surface area contributed by atoms with Crippen LogP contribution in [0.3, 0.4) is 0 Å². The monoisotopic (exact) mass is 674 g/mol. The number of hydrogen-bond donors (Lipinski definition) is 1. The minimum absolute atomic E-state index is 0.318. The van der Waals surface area contributed by atoms with Gasteiger partial charge >= 0.3 is 11.9 Å². The van der Waals surface area contributed by atoms with Crippen LogP contribution in [0.15, 0.2) is 54.7 Å². The molecule has 1 heterocycles. The predicted octanol–water partition coefficient (Wildman–Crippen LogP) is 5.36. The van der Waals surface area contributed by atoms with Gasteiger partial charge in [0.15, 0.2) is 0 Å². The molecular formula is C24H24I2N2O5. The number of allylic oxidation sites excluding steroid dienone is 1. The number of methoxy groups -OCH3 is 2. The Balaban J connectivity index is 0.000000283. The van der Waals surface area contributed by atoms with Crippen LogP contribution in [0.5, 0.6) is 0 Å². The number of esters is 2. The number of aromatic nitrogens is 1. The second-order valence-corrected chi connectivity index (χ2v) is 9.05. The molecule has 2 N–H and O–H groups in total. The Labute approximate surface area is 220 Å². The van der Waals surface area contributed by atoms with Crippen LogP contribution < -0.4 is 5.73 Å². The summed E-state index contributed by atoms with van der Waals surface area (Å²) in [5.41, 5.74) is 9.89. The molecule has 0 aliphatic carbocycles. The highest BCUT2D eigenvalue weighted by atomic mass is 127. The number of nitrogens with zero attached hydrogens (tertiary/aromatic N) is 1. The van der Waals surface area contributed by atoms with Gasteiger partial charge in [-0.15, -0.1) is 0 Å². The number of halogens is 2. The molecule has 0 spiro atoms. The quantitative estimate of drug-likeness (QED) is 0.131. The molecule has 3 aromatic rings. The van der Waals surface area contributed by atoms with Crippen molar-refractivity contribution in [2.75, 3.05) is 20.0 Å². The smallest absolute Gasteiger partial charge is 0.337 e. The fraction of sp³-hybridized carbons (Fsp3) is 0.167. The number of carbonyl (C=O) groups excluding carboxylic acids is 3. The lowest BCUT2D eigenvalue weighted by Gasteiger charge is -2.05. The van der Waals surface area contributed by atoms with E-state index in [0.29, 0.717) is 22.4 Å². The van der Waals surface area contributed by atoms with Gasteiger partial charge < -0.3 is 15.2 Å². The number of hydrogen-bond acceptors (Lipinski definition) is 7. The van der Waals surface area contributed by atoms with E-state index in [1.807, 2.05) is 25.3 Å². The summed E-state index contributed by atoms with van der Waals surface area (Å²) < 4.78 is 11.1. The fourth-order valence-electron chi connectivity index (χ4n) is 2.32. The SMILES string of the molecule is C=C(C)C=O.COC(=O)c1cc(I)c2ncc(C)cc2c1.COC(=O)c1ccc(N)c(I)c1. The van der Waals surface area contributed by atoms with Crippen LogP contribution in [0.25, 0.3) is 10.9 Å². The Morgan fingerprint density at radius 3 is 2.06 bits per heavy atom. The molecular weight excluding hydrogens is 650 g/mol. The summed E-state index contributed by atoms with van der Waals surface area (Å²) in [4.78, 5) is 36.2. The molecule has 0 radical (unpaired) electrons. The summed E-state index contributed by atoms with van der Waals surface area (Å²) in [6.45, 7) is 6.94. The topological polar surface area (TPSA) is 109 Å². The molecule has 0 aliphatic heterocycles. The molecule has 7 nitrogen and oxygen atoms in total. The zero-order valence-electron chi connectivity index (χ0n) is 18.6. The highest BCUT2D eigenvalue weighted by Gasteiger charge is 2.10. The lowest BCUT2D eigenvalue weighted by molar-refractivity contribution is -0.104. The van der Waals surface area contributed by atoms with Crippen LogP contribution in [-0.4, -0.2) is 37.4 Å². The zero-order valence-corrected chi connectivity index (χ0v) is 23.0. The normalized spacial score (nSPS) is 9.52. The summed E-state index contributed by atoms with van der Waals surface area (Å²) in [5, 5.41) is 0.965. The number of nitrogens with two attached hydrogens (primary N) is 1. The predicted molar refractivity (Wildman–Crippen MR) is 146 cm³/mol. The molecule has 33 heavy (non-hydrogen) atoms. The Morgan fingerprint density at radius 2 is 1.55 bits per heavy atom. The van der Waals surface area contributed by atoms with E-state index >= 15 is 0 Å². The third-order valence-corrected chi connectivity index (χ3v) is 5.67. The average Bonchev–Trinajstić information content (AvgIpc) is 2.80. The Morgan fingerprint density at radius 1 is 1.00 bits per heavy atom. The highest BCUT2D eigenvalue weighted by Crippen LogP contribution is 2.22. The van der Waals surface area contributed by atoms with Gasteiger partial charge in [-0.1, -0.05) is 6.58 Å². The molecule has 9 heteroatoms. The molecule has 0 bridgehead atoms. The lowest BCUT2D eigenvalue weighted by atomic mass is 10.1. The molecule has 2 aromatic carbocycles. The van der Waals surface area contributed by atoms with Crippen LogP contribution in [0.2, 0.25) is 0 Å². The summed E-state index contributed by atoms with van der Waals surface area (Å²) in [6, 6.07) is 10.6. The number of rotatable bonds is 3. The van der Waals surface area contributed by atoms with Crippen LogP contribution in [0.1, 0.15) is 33.2 Å². The van der Waals surface area contributed by atoms with Crippen LogP contribution in [0.4, 0.5) is 5.69 Å². The lowest BCUT2D eigenvalue weighted by Crippen LogP contribution is -2.02. The van der Waals surface area contributed by atoms with Crippen molar-refractivity contribution in [2.45, 2.75) is 13.8 Å². The summed E-state index contributed by atoms with van der Waals surface area (Å²) in [7, 11) is 2.74. The van der Waals surface area contributed by atoms with Crippen molar-refractivity contribution < 1.29 is 23.9 Å². The van der Waals surface area contributed by atoms with Crippen molar-refractivity contribution in [2.24, 2.45) is 0 Å². The second-order valence-electron chi connectivity index (χ2n) is 6.73. The van der Waals surface area contributed by atoms with Crippen molar-refractivity contribution in [3.05, 3.63) is 78.6 Å². The van der Waals surface area contributed by atoms with Gasteiger partial charge in [0.25, 0.3) is 0 Å². The standard InChI is InChI=1S/C12H10INO2.C8H8INO2.C4H6O/c1-7-3-8-4-9(12(15)16-2)5-10(13)11(8)14-6-7;1-12-8(11)5-2-3-7(10)6(9)4-5;1-4(2)3-5/h3-6H,1-2H3;2-4H,10H2,1H3;3H,1H2,2H3. The van der Waals surface area contributed by atoms with E-state index in [4.69, 9.17) is 10.5 Å². The second kappa shape index (κ2) is 13.9. The van der Waals surface area contributed by atoms with Gasteiger partial charge in [0.1, 0.15) is 6.29 Å². The van der Waals surface area contributed by atoms with Crippen LogP contribution in [0, 0.1) is 14.1 Å². The number of carbonyl (C=O) groups is 3. The van der Waals surface area contributed by atoms with E-state index in [2.05, 4.69) is 61.5 Å². The van der Waals surface area contributed by atoms with Gasteiger partial charge in [0, 0.05) is 24.4 Å². The van der Waals surface area contributed by atoms with Gasteiger partial charge in [-0.25, -0.2) is 9.59 Å². The van der Waals surface area contributed by atoms with E-state index in [1.54, 1.807) is 31.2 Å². The number of fused-ring (bicyclic) bond motifs is 1. The Bertz CT molecular complexity index is 1180. The largest absolute Gasteiger partial charge is 0.465 e. The number of aldehydes is 1. The third kappa shape index (κ3) is 9.08. The maximum atomic E-state index is 11.4. The summed E-state index contributed by atoms with van der Waals surface area (Å²) in [6.07, 6.45) is 2.54. The molecule has 1 aromatic heterocycles. The zero-order chi connectivity index (χ0) is 25.1. The van der Waals surface area contributed by atoms with E-state index in [1.165, 1.54) is 14.2 Å². The fourth-order valence-corrected chi connectivity index (χ4v) is 3.62. The van der Waals surface area contributed by atoms with E-state index in [9.17, 15) is 14.4 Å². The van der Waals surface area contributed by atoms with Crippen molar-refractivity contribution in [1.29, 1.82) is 0 Å². The van der Waals surface area contributed by atoms with Crippen molar-refractivity contribution in [3.63, 3.8) is 0 Å². The number of benzene rings is 2. The van der Waals surface area contributed by atoms with Crippen molar-refractivity contribution in [3.8, 4) is 0 Å². The van der Waals surface area contributed by atoms with Gasteiger partial charge in [0.05, 0.1) is 30.9 Å². The van der Waals surface area contributed by atoms with Crippen LogP contribution >= 0.6 is 45.2 Å². The third-order valence-electron chi connectivity index (χ3n) is 3.92.